The molecule has 1 aromatic heterocycles. The second-order valence-electron chi connectivity index (χ2n) is 12.7. The van der Waals surface area contributed by atoms with Crippen LogP contribution in [0.1, 0.15) is 81.1 Å². The second kappa shape index (κ2) is 14.7. The van der Waals surface area contributed by atoms with E-state index in [1.807, 2.05) is 23.1 Å². The molecular weight excluding hydrogens is 551 g/mol. The third kappa shape index (κ3) is 7.40. The molecule has 0 bridgehead atoms. The van der Waals surface area contributed by atoms with Crippen LogP contribution >= 0.6 is 0 Å². The largest absolute Gasteiger partial charge is 0.461 e. The number of amides is 2. The number of nitrogens with zero attached hydrogens (tertiary/aromatic N) is 1. The van der Waals surface area contributed by atoms with E-state index in [4.69, 9.17) is 15.2 Å². The van der Waals surface area contributed by atoms with Crippen molar-refractivity contribution in [2.24, 2.45) is 29.4 Å². The number of hydrogen-bond acceptors (Lipinski definition) is 6. The predicted octanol–water partition coefficient (Wildman–Crippen LogP) is 5.20. The maximum Gasteiger partial charge on any atom is 0.354 e. The van der Waals surface area contributed by atoms with Crippen LogP contribution in [0.2, 0.25) is 0 Å². The number of H-pyrrole nitrogens is 1. The fourth-order valence-electron chi connectivity index (χ4n) is 7.59. The molecule has 1 aliphatic heterocycles. The molecule has 43 heavy (non-hydrogen) atoms. The Morgan fingerprint density at radius 1 is 1.05 bits per heavy atom. The first kappa shape index (κ1) is 31.4. The van der Waals surface area contributed by atoms with Gasteiger partial charge in [0, 0.05) is 55.2 Å². The number of esters is 1. The average Bonchev–Trinajstić information content (AvgIpc) is 3.68. The molecule has 0 spiro atoms. The molecule has 2 saturated carbocycles. The summed E-state index contributed by atoms with van der Waals surface area (Å²) >= 11 is 0. The normalized spacial score (nSPS) is 25.5. The second-order valence-corrected chi connectivity index (χ2v) is 12.7. The van der Waals surface area contributed by atoms with Gasteiger partial charge in [-0.25, -0.2) is 9.18 Å². The maximum absolute atomic E-state index is 14.0. The molecule has 3 atom stereocenters. The first-order chi connectivity index (χ1) is 20.9. The van der Waals surface area contributed by atoms with E-state index in [9.17, 15) is 18.8 Å². The fraction of sp³-hybridized carbons (Fsp3) is 0.667. The van der Waals surface area contributed by atoms with Crippen LogP contribution in [0.15, 0.2) is 24.3 Å². The summed E-state index contributed by atoms with van der Waals surface area (Å²) in [6.07, 6.45) is 10.1. The number of ether oxygens (including phenoxy) is 2. The summed E-state index contributed by atoms with van der Waals surface area (Å²) in [5.41, 5.74) is 7.70. The molecule has 3 fully saturated rings. The number of benzene rings is 1. The van der Waals surface area contributed by atoms with Crippen LogP contribution < -0.4 is 11.1 Å². The lowest BCUT2D eigenvalue weighted by Crippen LogP contribution is -2.50. The van der Waals surface area contributed by atoms with Gasteiger partial charge in [0.1, 0.15) is 18.4 Å². The molecule has 3 aliphatic rings. The maximum atomic E-state index is 14.0. The van der Waals surface area contributed by atoms with E-state index in [1.165, 1.54) is 19.3 Å². The topological polar surface area (TPSA) is 127 Å². The van der Waals surface area contributed by atoms with Crippen molar-refractivity contribution in [3.05, 3.63) is 30.0 Å². The van der Waals surface area contributed by atoms with E-state index in [2.05, 4.69) is 10.3 Å². The number of nitrogens with two attached hydrogens (primary N) is 1. The number of likely N-dealkylation sites (tertiary alicyclic amines) is 1. The minimum Gasteiger partial charge on any atom is -0.461 e. The summed E-state index contributed by atoms with van der Waals surface area (Å²) in [5.74, 6) is 0.00776. The lowest BCUT2D eigenvalue weighted by Gasteiger charge is -2.36. The van der Waals surface area contributed by atoms with Gasteiger partial charge in [0.15, 0.2) is 0 Å². The molecule has 2 aliphatic carbocycles. The molecular formula is C33H47FN4O5. The highest BCUT2D eigenvalue weighted by molar-refractivity contribution is 6.01. The molecule has 10 heteroatoms. The van der Waals surface area contributed by atoms with Crippen molar-refractivity contribution in [1.29, 1.82) is 0 Å². The highest BCUT2D eigenvalue weighted by Gasteiger charge is 2.47. The van der Waals surface area contributed by atoms with Gasteiger partial charge in [0.05, 0.1) is 6.61 Å². The predicted molar refractivity (Wildman–Crippen MR) is 163 cm³/mol. The number of fused-ring (bicyclic) bond motifs is 1. The zero-order valence-electron chi connectivity index (χ0n) is 25.3. The highest BCUT2D eigenvalue weighted by Crippen LogP contribution is 2.41. The van der Waals surface area contributed by atoms with E-state index in [0.717, 1.165) is 43.0 Å². The molecule has 1 aromatic carbocycles. The number of nitrogens with one attached hydrogen (secondary N) is 2. The number of anilines is 1. The quantitative estimate of drug-likeness (QED) is 0.241. The Kier molecular flexibility index (Phi) is 10.7. The zero-order valence-corrected chi connectivity index (χ0v) is 25.3. The van der Waals surface area contributed by atoms with E-state index < -0.39 is 24.7 Å². The van der Waals surface area contributed by atoms with Gasteiger partial charge in [0.25, 0.3) is 0 Å². The molecule has 2 heterocycles. The summed E-state index contributed by atoms with van der Waals surface area (Å²) in [6, 6.07) is 6.25. The van der Waals surface area contributed by atoms with Crippen LogP contribution in [0.5, 0.6) is 0 Å². The fourth-order valence-corrected chi connectivity index (χ4v) is 7.59. The van der Waals surface area contributed by atoms with Gasteiger partial charge in [-0.05, 0) is 74.1 Å². The number of hydrogen-bond donors (Lipinski definition) is 3. The average molecular weight is 599 g/mol. The number of methoxy groups -OCH3 is 1. The third-order valence-corrected chi connectivity index (χ3v) is 9.99. The Balaban J connectivity index is 1.29. The number of alkyl halides is 1. The van der Waals surface area contributed by atoms with Gasteiger partial charge in [0.2, 0.25) is 11.8 Å². The molecule has 1 saturated heterocycles. The summed E-state index contributed by atoms with van der Waals surface area (Å²) in [7, 11) is 1.60. The van der Waals surface area contributed by atoms with Crippen molar-refractivity contribution in [3.63, 3.8) is 0 Å². The van der Waals surface area contributed by atoms with Crippen molar-refractivity contribution < 1.29 is 28.2 Å². The standard InChI is InChI=1S/C33H47FN4O5/c1-42-16-5-17-43-33(41)29-19-24-18-25(12-13-28(24)37-29)36-31(39)30-26(21-6-3-2-4-7-21)14-15-38(30)32(40)23-10-8-22(9-11-23)27(35)20-34/h12-13,18-19,21-23,26-27,30,37H,2-11,14-17,20,35H2,1H3,(H,36,39)/t22-,23-,26-,27+,30-/m0/s1. The van der Waals surface area contributed by atoms with Gasteiger partial charge in [-0.15, -0.1) is 0 Å². The van der Waals surface area contributed by atoms with Crippen molar-refractivity contribution in [3.8, 4) is 0 Å². The van der Waals surface area contributed by atoms with Gasteiger partial charge in [-0.2, -0.15) is 0 Å². The van der Waals surface area contributed by atoms with Crippen LogP contribution in [0.25, 0.3) is 10.9 Å². The zero-order chi connectivity index (χ0) is 30.3. The van der Waals surface area contributed by atoms with Gasteiger partial charge in [-0.1, -0.05) is 32.1 Å². The number of aromatic amines is 1. The molecule has 5 rings (SSSR count). The Morgan fingerprint density at radius 3 is 2.53 bits per heavy atom. The lowest BCUT2D eigenvalue weighted by molar-refractivity contribution is -0.142. The lowest BCUT2D eigenvalue weighted by atomic mass is 9.76. The summed E-state index contributed by atoms with van der Waals surface area (Å²) in [5, 5.41) is 3.90. The number of rotatable bonds is 11. The van der Waals surface area contributed by atoms with E-state index in [1.54, 1.807) is 13.2 Å². The number of aromatic nitrogens is 1. The number of carbonyl (C=O) groups excluding carboxylic acids is 3. The van der Waals surface area contributed by atoms with Crippen molar-refractivity contribution in [2.45, 2.75) is 82.7 Å². The van der Waals surface area contributed by atoms with Crippen LogP contribution in [-0.4, -0.2) is 73.3 Å². The van der Waals surface area contributed by atoms with Crippen LogP contribution in [0.3, 0.4) is 0 Å². The van der Waals surface area contributed by atoms with Crippen molar-refractivity contribution in [1.82, 2.24) is 9.88 Å². The van der Waals surface area contributed by atoms with Crippen LogP contribution in [0, 0.1) is 23.7 Å². The molecule has 0 unspecified atom stereocenters. The Hall–Kier alpha value is -2.98. The van der Waals surface area contributed by atoms with Gasteiger partial charge < -0.3 is 30.4 Å². The smallest absolute Gasteiger partial charge is 0.354 e. The van der Waals surface area contributed by atoms with Crippen molar-refractivity contribution in [2.75, 3.05) is 38.9 Å². The summed E-state index contributed by atoms with van der Waals surface area (Å²) < 4.78 is 23.4. The summed E-state index contributed by atoms with van der Waals surface area (Å²) in [6.45, 7) is 0.851. The highest BCUT2D eigenvalue weighted by atomic mass is 19.1. The van der Waals surface area contributed by atoms with Gasteiger partial charge in [-0.3, -0.25) is 9.59 Å². The monoisotopic (exact) mass is 598 g/mol. The number of carbonyl (C=O) groups is 3. The molecule has 2 aromatic rings. The van der Waals surface area contributed by atoms with Gasteiger partial charge >= 0.3 is 5.97 Å². The first-order valence-corrected chi connectivity index (χ1v) is 16.1. The van der Waals surface area contributed by atoms with E-state index in [0.29, 0.717) is 49.7 Å². The molecule has 9 nitrogen and oxygen atoms in total. The molecule has 2 amide bonds. The first-order valence-electron chi connectivity index (χ1n) is 16.1. The summed E-state index contributed by atoms with van der Waals surface area (Å²) in [4.78, 5) is 45.3. The van der Waals surface area contributed by atoms with E-state index >= 15 is 0 Å². The minimum atomic E-state index is -0.532. The number of halogens is 1. The minimum absolute atomic E-state index is 0.0560. The van der Waals surface area contributed by atoms with E-state index in [-0.39, 0.29) is 36.2 Å². The Labute approximate surface area is 253 Å². The van der Waals surface area contributed by atoms with Crippen molar-refractivity contribution >= 4 is 34.4 Å². The Bertz CT molecular complexity index is 1250. The third-order valence-electron chi connectivity index (χ3n) is 9.99. The van der Waals surface area contributed by atoms with Crippen LogP contribution in [-0.2, 0) is 19.1 Å². The Morgan fingerprint density at radius 2 is 1.81 bits per heavy atom. The van der Waals surface area contributed by atoms with Crippen LogP contribution in [0.4, 0.5) is 10.1 Å². The molecule has 0 radical (unpaired) electrons. The molecule has 4 N–H and O–H groups in total. The molecule has 236 valence electrons. The SMILES string of the molecule is COCCCOC(=O)c1cc2cc(NC(=O)[C@@H]3[C@H](C4CCCCC4)CCN3C(=O)[C@H]3CC[C@H]([C@H](N)CF)CC3)ccc2[nH]1.